The van der Waals surface area contributed by atoms with E-state index in [0.29, 0.717) is 37.3 Å². The molecule has 2 aliphatic heterocycles. The minimum atomic E-state index is -3.64. The van der Waals surface area contributed by atoms with Gasteiger partial charge in [0.15, 0.2) is 0 Å². The molecule has 0 radical (unpaired) electrons. The average Bonchev–Trinajstić information content (AvgIpc) is 2.99. The summed E-state index contributed by atoms with van der Waals surface area (Å²) in [5.41, 5.74) is 2.22. The molecule has 0 spiro atoms. The van der Waals surface area contributed by atoms with Crippen LogP contribution in [0, 0.1) is 19.8 Å². The molecule has 152 valence electrons. The first-order chi connectivity index (χ1) is 12.4. The van der Waals surface area contributed by atoms with E-state index in [9.17, 15) is 13.2 Å². The lowest BCUT2D eigenvalue weighted by Crippen LogP contribution is -2.46. The van der Waals surface area contributed by atoms with Gasteiger partial charge in [0.1, 0.15) is 4.90 Å². The van der Waals surface area contributed by atoms with Gasteiger partial charge in [-0.25, -0.2) is 8.42 Å². The van der Waals surface area contributed by atoms with E-state index in [0.717, 1.165) is 19.5 Å². The number of H-pyrrole nitrogens is 1. The van der Waals surface area contributed by atoms with Gasteiger partial charge in [0, 0.05) is 26.2 Å². The van der Waals surface area contributed by atoms with Crippen molar-refractivity contribution >= 4 is 28.3 Å². The van der Waals surface area contributed by atoms with Crippen LogP contribution in [0.4, 0.5) is 0 Å². The van der Waals surface area contributed by atoms with Crippen molar-refractivity contribution in [3.8, 4) is 0 Å². The highest BCUT2D eigenvalue weighted by molar-refractivity contribution is 7.89. The molecule has 1 saturated heterocycles. The predicted molar refractivity (Wildman–Crippen MR) is 105 cm³/mol. The normalized spacial score (nSPS) is 21.3. The van der Waals surface area contributed by atoms with Gasteiger partial charge in [-0.1, -0.05) is 11.6 Å². The Morgan fingerprint density at radius 2 is 2.19 bits per heavy atom. The summed E-state index contributed by atoms with van der Waals surface area (Å²) in [6.45, 7) is 6.35. The molecule has 3 heterocycles. The van der Waals surface area contributed by atoms with E-state index in [1.807, 2.05) is 0 Å². The Morgan fingerprint density at radius 1 is 1.41 bits per heavy atom. The fraction of sp³-hybridized carbons (Fsp3) is 0.647. The van der Waals surface area contributed by atoms with Crippen LogP contribution in [0.3, 0.4) is 0 Å². The van der Waals surface area contributed by atoms with E-state index >= 15 is 0 Å². The first kappa shape index (κ1) is 21.9. The van der Waals surface area contributed by atoms with Crippen molar-refractivity contribution in [1.29, 1.82) is 0 Å². The van der Waals surface area contributed by atoms with Gasteiger partial charge in [-0.2, -0.15) is 9.40 Å². The van der Waals surface area contributed by atoms with Crippen LogP contribution in [-0.2, 0) is 14.8 Å². The Labute approximate surface area is 166 Å². The third kappa shape index (κ3) is 4.90. The van der Waals surface area contributed by atoms with Crippen LogP contribution in [0.1, 0.15) is 30.7 Å². The molecule has 1 aromatic rings. The van der Waals surface area contributed by atoms with Gasteiger partial charge in [0.25, 0.3) is 0 Å². The molecule has 0 bridgehead atoms. The zero-order valence-corrected chi connectivity index (χ0v) is 17.4. The lowest BCUT2D eigenvalue weighted by atomic mass is 9.98. The number of hydrogen-bond acceptors (Lipinski definition) is 5. The van der Waals surface area contributed by atoms with Crippen molar-refractivity contribution in [3.05, 3.63) is 23.0 Å². The van der Waals surface area contributed by atoms with Gasteiger partial charge < -0.3 is 10.6 Å². The predicted octanol–water partition coefficient (Wildman–Crippen LogP) is 0.885. The molecule has 3 N–H and O–H groups in total. The molecule has 1 fully saturated rings. The largest absolute Gasteiger partial charge is 0.352 e. The number of sulfonamides is 1. The lowest BCUT2D eigenvalue weighted by Gasteiger charge is -2.31. The molecule has 0 saturated carbocycles. The fourth-order valence-electron chi connectivity index (χ4n) is 3.60. The molecule has 0 aromatic carbocycles. The number of carbonyl (C=O) groups excluding carboxylic acids is 1. The molecule has 1 unspecified atom stereocenters. The highest BCUT2D eigenvalue weighted by atomic mass is 35.5. The summed E-state index contributed by atoms with van der Waals surface area (Å²) < 4.78 is 27.4. The molecule has 27 heavy (non-hydrogen) atoms. The molecular weight excluding hydrogens is 390 g/mol. The van der Waals surface area contributed by atoms with E-state index in [1.165, 1.54) is 9.88 Å². The van der Waals surface area contributed by atoms with Crippen molar-refractivity contribution in [2.24, 2.45) is 5.92 Å². The lowest BCUT2D eigenvalue weighted by molar-refractivity contribution is -0.125. The molecule has 1 amide bonds. The van der Waals surface area contributed by atoms with E-state index in [4.69, 9.17) is 0 Å². The van der Waals surface area contributed by atoms with Crippen molar-refractivity contribution in [2.75, 3.05) is 32.7 Å². The highest BCUT2D eigenvalue weighted by Gasteiger charge is 2.35. The van der Waals surface area contributed by atoms with Crippen molar-refractivity contribution in [3.63, 3.8) is 0 Å². The molecule has 1 aromatic heterocycles. The quantitative estimate of drug-likeness (QED) is 0.616. The third-order valence-corrected chi connectivity index (χ3v) is 7.19. The monoisotopic (exact) mass is 417 g/mol. The molecule has 3 rings (SSSR count). The molecule has 1 atom stereocenters. The summed E-state index contributed by atoms with van der Waals surface area (Å²) in [5.74, 6) is -0.377. The maximum atomic E-state index is 13.0. The Hall–Kier alpha value is -1.42. The number of nitrogens with one attached hydrogen (secondary N) is 3. The van der Waals surface area contributed by atoms with E-state index in [-0.39, 0.29) is 35.7 Å². The Balaban J connectivity index is 0.00000261. The maximum absolute atomic E-state index is 13.0. The number of amides is 1. The van der Waals surface area contributed by atoms with Crippen LogP contribution < -0.4 is 10.6 Å². The number of nitrogens with zero attached hydrogens (tertiary/aromatic N) is 2. The van der Waals surface area contributed by atoms with E-state index < -0.39 is 10.0 Å². The van der Waals surface area contributed by atoms with Crippen LogP contribution >= 0.6 is 12.4 Å². The number of hydrogen-bond donors (Lipinski definition) is 3. The third-order valence-electron chi connectivity index (χ3n) is 5.06. The number of aryl methyl sites for hydroxylation is 2. The number of aromatic nitrogens is 2. The van der Waals surface area contributed by atoms with Crippen molar-refractivity contribution in [1.82, 2.24) is 25.1 Å². The highest BCUT2D eigenvalue weighted by Crippen LogP contribution is 2.26. The maximum Gasteiger partial charge on any atom is 0.246 e. The second-order valence-electron chi connectivity index (χ2n) is 7.00. The topological polar surface area (TPSA) is 107 Å². The van der Waals surface area contributed by atoms with Crippen LogP contribution in [-0.4, -0.2) is 61.6 Å². The number of piperidine rings is 1. The SMILES string of the molecule is Cc1n[nH]c(C)c1S(=O)(=O)N1CCCC(C(=O)NCC2=CCNCC2)C1.Cl. The smallest absolute Gasteiger partial charge is 0.246 e. The number of halogens is 1. The second kappa shape index (κ2) is 9.18. The van der Waals surface area contributed by atoms with Gasteiger partial charge in [0.05, 0.1) is 17.3 Å². The van der Waals surface area contributed by atoms with E-state index in [1.54, 1.807) is 13.8 Å². The second-order valence-corrected chi connectivity index (χ2v) is 8.87. The minimum absolute atomic E-state index is 0. The fourth-order valence-corrected chi connectivity index (χ4v) is 5.46. The van der Waals surface area contributed by atoms with Gasteiger partial charge >= 0.3 is 0 Å². The Bertz CT molecular complexity index is 786. The molecule has 0 aliphatic carbocycles. The summed E-state index contributed by atoms with van der Waals surface area (Å²) in [5, 5.41) is 12.9. The molecular formula is C17H28ClN5O3S. The summed E-state index contributed by atoms with van der Waals surface area (Å²) in [4.78, 5) is 12.8. The zero-order valence-electron chi connectivity index (χ0n) is 15.7. The summed E-state index contributed by atoms with van der Waals surface area (Å²) in [6.07, 6.45) is 4.43. The van der Waals surface area contributed by atoms with Gasteiger partial charge in [0.2, 0.25) is 15.9 Å². The summed E-state index contributed by atoms with van der Waals surface area (Å²) in [7, 11) is -3.64. The molecule has 10 heteroatoms. The van der Waals surface area contributed by atoms with Crippen LogP contribution in [0.5, 0.6) is 0 Å². The molecule has 8 nitrogen and oxygen atoms in total. The van der Waals surface area contributed by atoms with Gasteiger partial charge in [-0.3, -0.25) is 9.89 Å². The average molecular weight is 418 g/mol. The first-order valence-electron chi connectivity index (χ1n) is 9.07. The Kier molecular flexibility index (Phi) is 7.44. The first-order valence-corrected chi connectivity index (χ1v) is 10.5. The number of rotatable bonds is 5. The minimum Gasteiger partial charge on any atom is -0.352 e. The Morgan fingerprint density at radius 3 is 2.81 bits per heavy atom. The summed E-state index contributed by atoms with van der Waals surface area (Å²) in [6, 6.07) is 0. The van der Waals surface area contributed by atoms with Crippen LogP contribution in [0.25, 0.3) is 0 Å². The van der Waals surface area contributed by atoms with Gasteiger partial charge in [-0.05, 0) is 39.7 Å². The number of carbonyl (C=O) groups is 1. The zero-order chi connectivity index (χ0) is 18.7. The standard InChI is InChI=1S/C17H27N5O3S.ClH/c1-12-16(13(2)21-20-12)26(24,25)22-9-3-4-15(11-22)17(23)19-10-14-5-7-18-8-6-14;/h5,15,18H,3-4,6-11H2,1-2H3,(H,19,23)(H,20,21);1H. The molecule has 2 aliphatic rings. The number of aromatic amines is 1. The van der Waals surface area contributed by atoms with E-state index in [2.05, 4.69) is 26.9 Å². The van der Waals surface area contributed by atoms with Gasteiger partial charge in [-0.15, -0.1) is 12.4 Å². The summed E-state index contributed by atoms with van der Waals surface area (Å²) >= 11 is 0. The van der Waals surface area contributed by atoms with Crippen molar-refractivity contribution < 1.29 is 13.2 Å². The van der Waals surface area contributed by atoms with Crippen LogP contribution in [0.15, 0.2) is 16.5 Å². The van der Waals surface area contributed by atoms with Crippen LogP contribution in [0.2, 0.25) is 0 Å². The van der Waals surface area contributed by atoms with Crippen molar-refractivity contribution in [2.45, 2.75) is 38.0 Å².